The lowest BCUT2D eigenvalue weighted by atomic mass is 10.1. The van der Waals surface area contributed by atoms with Gasteiger partial charge in [-0.05, 0) is 58.6 Å². The molecular weight excluding hydrogens is 332 g/mol. The van der Waals surface area contributed by atoms with Crippen LogP contribution in [0, 0.1) is 20.8 Å². The van der Waals surface area contributed by atoms with Crippen LogP contribution in [0.1, 0.15) is 55.1 Å². The molecule has 1 fully saturated rings. The van der Waals surface area contributed by atoms with Crippen molar-refractivity contribution in [2.75, 3.05) is 5.32 Å². The fourth-order valence-corrected chi connectivity index (χ4v) is 4.06. The lowest BCUT2D eigenvalue weighted by Gasteiger charge is -2.16. The summed E-state index contributed by atoms with van der Waals surface area (Å²) in [5.41, 5.74) is 4.31. The molecule has 1 saturated carbocycles. The topological polar surface area (TPSA) is 59.8 Å². The Kier molecular flexibility index (Phi) is 5.18. The Hall–Kier alpha value is -1.82. The minimum absolute atomic E-state index is 0.00122. The Balaban J connectivity index is 1.71. The normalized spacial score (nSPS) is 15.2. The molecule has 25 heavy (non-hydrogen) atoms. The van der Waals surface area contributed by atoms with Gasteiger partial charge < -0.3 is 9.88 Å². The van der Waals surface area contributed by atoms with Crippen LogP contribution in [0.4, 0.5) is 5.69 Å². The maximum atomic E-state index is 12.7. The van der Waals surface area contributed by atoms with Crippen LogP contribution in [-0.2, 0) is 11.3 Å². The maximum absolute atomic E-state index is 12.7. The monoisotopic (exact) mass is 358 g/mol. The molecule has 1 atom stereocenters. The predicted octanol–water partition coefficient (Wildman–Crippen LogP) is 4.22. The van der Waals surface area contributed by atoms with Gasteiger partial charge in [0.05, 0.1) is 5.25 Å². The number of nitrogens with one attached hydrogen (secondary N) is 1. The predicted molar refractivity (Wildman–Crippen MR) is 102 cm³/mol. The number of amides is 1. The van der Waals surface area contributed by atoms with Gasteiger partial charge in [0, 0.05) is 18.2 Å². The van der Waals surface area contributed by atoms with Crippen molar-refractivity contribution < 1.29 is 4.79 Å². The number of thioether (sulfide) groups is 1. The highest BCUT2D eigenvalue weighted by atomic mass is 32.2. The van der Waals surface area contributed by atoms with Crippen molar-refractivity contribution >= 4 is 23.4 Å². The Bertz CT molecular complexity index is 772. The summed E-state index contributed by atoms with van der Waals surface area (Å²) in [4.78, 5) is 12.7. The first-order chi connectivity index (χ1) is 11.9. The van der Waals surface area contributed by atoms with Crippen molar-refractivity contribution in [3.8, 4) is 0 Å². The lowest BCUT2D eigenvalue weighted by molar-refractivity contribution is -0.115. The number of hydrogen-bond donors (Lipinski definition) is 1. The van der Waals surface area contributed by atoms with Gasteiger partial charge in [0.15, 0.2) is 5.16 Å². The average molecular weight is 359 g/mol. The second kappa shape index (κ2) is 7.20. The standard InChI is InChI=1S/C19H26N4OS/c1-6-23-17(15-7-8-15)21-22-19(23)25-14(5)18(24)20-16-12(3)9-11(2)10-13(16)4/h9-10,14-15H,6-8H2,1-5H3,(H,20,24)/t14-/m0/s1. The fraction of sp³-hybridized carbons (Fsp3) is 0.526. The SMILES string of the molecule is CCn1c(S[C@@H](C)C(=O)Nc2c(C)cc(C)cc2C)nnc1C1CC1. The summed E-state index contributed by atoms with van der Waals surface area (Å²) in [7, 11) is 0. The van der Waals surface area contributed by atoms with Gasteiger partial charge >= 0.3 is 0 Å². The second-order valence-electron chi connectivity index (χ2n) is 6.88. The van der Waals surface area contributed by atoms with E-state index >= 15 is 0 Å². The van der Waals surface area contributed by atoms with Gasteiger partial charge in [0.25, 0.3) is 0 Å². The highest BCUT2D eigenvalue weighted by Gasteiger charge is 2.30. The Labute approximate surface area is 153 Å². The Morgan fingerprint density at radius 2 is 1.92 bits per heavy atom. The number of aromatic nitrogens is 3. The zero-order valence-electron chi connectivity index (χ0n) is 15.6. The van der Waals surface area contributed by atoms with Crippen molar-refractivity contribution in [3.63, 3.8) is 0 Å². The van der Waals surface area contributed by atoms with E-state index in [1.807, 2.05) is 20.8 Å². The summed E-state index contributed by atoms with van der Waals surface area (Å²) < 4.78 is 2.15. The van der Waals surface area contributed by atoms with E-state index < -0.39 is 0 Å². The third-order valence-electron chi connectivity index (χ3n) is 4.58. The number of nitrogens with zero attached hydrogens (tertiary/aromatic N) is 3. The number of rotatable bonds is 6. The van der Waals surface area contributed by atoms with E-state index in [1.165, 1.54) is 30.2 Å². The average Bonchev–Trinajstić information content (AvgIpc) is 3.32. The lowest BCUT2D eigenvalue weighted by Crippen LogP contribution is -2.24. The molecule has 6 heteroatoms. The molecular formula is C19H26N4OS. The third kappa shape index (κ3) is 3.89. The van der Waals surface area contributed by atoms with E-state index in [0.717, 1.165) is 34.3 Å². The molecule has 0 unspecified atom stereocenters. The number of aryl methyl sites for hydroxylation is 3. The highest BCUT2D eigenvalue weighted by molar-refractivity contribution is 8.00. The minimum atomic E-state index is -0.235. The molecule has 1 aliphatic carbocycles. The smallest absolute Gasteiger partial charge is 0.237 e. The van der Waals surface area contributed by atoms with Crippen LogP contribution in [0.25, 0.3) is 0 Å². The molecule has 0 spiro atoms. The summed E-state index contributed by atoms with van der Waals surface area (Å²) in [5.74, 6) is 1.63. The highest BCUT2D eigenvalue weighted by Crippen LogP contribution is 2.40. The molecule has 1 N–H and O–H groups in total. The first kappa shape index (κ1) is 18.0. The van der Waals surface area contributed by atoms with Gasteiger partial charge in [-0.25, -0.2) is 0 Å². The summed E-state index contributed by atoms with van der Waals surface area (Å²) in [6, 6.07) is 4.19. The zero-order chi connectivity index (χ0) is 18.1. The van der Waals surface area contributed by atoms with E-state index in [-0.39, 0.29) is 11.2 Å². The number of carbonyl (C=O) groups excluding carboxylic acids is 1. The molecule has 1 aliphatic rings. The van der Waals surface area contributed by atoms with E-state index in [1.54, 1.807) is 0 Å². The van der Waals surface area contributed by atoms with Crippen LogP contribution in [0.15, 0.2) is 17.3 Å². The first-order valence-electron chi connectivity index (χ1n) is 8.89. The van der Waals surface area contributed by atoms with Crippen molar-refractivity contribution in [2.45, 2.75) is 70.3 Å². The molecule has 0 radical (unpaired) electrons. The van der Waals surface area contributed by atoms with Gasteiger partial charge in [-0.1, -0.05) is 29.5 Å². The quantitative estimate of drug-likeness (QED) is 0.786. The molecule has 1 amide bonds. The first-order valence-corrected chi connectivity index (χ1v) is 9.77. The molecule has 1 aromatic carbocycles. The summed E-state index contributed by atoms with van der Waals surface area (Å²) in [5, 5.41) is 12.4. The fourth-order valence-electron chi connectivity index (χ4n) is 3.14. The largest absolute Gasteiger partial charge is 0.325 e. The minimum Gasteiger partial charge on any atom is -0.325 e. The van der Waals surface area contributed by atoms with Gasteiger partial charge in [-0.3, -0.25) is 4.79 Å². The van der Waals surface area contributed by atoms with Crippen LogP contribution in [-0.4, -0.2) is 25.9 Å². The molecule has 0 saturated heterocycles. The number of carbonyl (C=O) groups is 1. The van der Waals surface area contributed by atoms with Crippen LogP contribution in [0.3, 0.4) is 0 Å². The number of hydrogen-bond acceptors (Lipinski definition) is 4. The van der Waals surface area contributed by atoms with Crippen LogP contribution >= 0.6 is 11.8 Å². The second-order valence-corrected chi connectivity index (χ2v) is 8.19. The van der Waals surface area contributed by atoms with Crippen LogP contribution < -0.4 is 5.32 Å². The Morgan fingerprint density at radius 3 is 2.48 bits per heavy atom. The summed E-state index contributed by atoms with van der Waals surface area (Å²) >= 11 is 1.48. The molecule has 5 nitrogen and oxygen atoms in total. The molecule has 3 rings (SSSR count). The van der Waals surface area contributed by atoms with Gasteiger partial charge in [-0.15, -0.1) is 10.2 Å². The zero-order valence-corrected chi connectivity index (χ0v) is 16.4. The summed E-state index contributed by atoms with van der Waals surface area (Å²) in [6.45, 7) is 11.0. The van der Waals surface area contributed by atoms with Crippen molar-refractivity contribution in [1.82, 2.24) is 14.8 Å². The van der Waals surface area contributed by atoms with E-state index in [0.29, 0.717) is 5.92 Å². The van der Waals surface area contributed by atoms with Crippen molar-refractivity contribution in [2.24, 2.45) is 0 Å². The van der Waals surface area contributed by atoms with Crippen LogP contribution in [0.2, 0.25) is 0 Å². The van der Waals surface area contributed by atoms with E-state index in [9.17, 15) is 4.79 Å². The molecule has 0 aliphatic heterocycles. The summed E-state index contributed by atoms with van der Waals surface area (Å²) in [6.07, 6.45) is 2.40. The van der Waals surface area contributed by atoms with Gasteiger partial charge in [-0.2, -0.15) is 0 Å². The Morgan fingerprint density at radius 1 is 1.28 bits per heavy atom. The maximum Gasteiger partial charge on any atom is 0.237 e. The van der Waals surface area contributed by atoms with E-state index in [2.05, 4.69) is 46.1 Å². The van der Waals surface area contributed by atoms with Crippen molar-refractivity contribution in [1.29, 1.82) is 0 Å². The van der Waals surface area contributed by atoms with E-state index in [4.69, 9.17) is 0 Å². The van der Waals surface area contributed by atoms with Gasteiger partial charge in [0.2, 0.25) is 5.91 Å². The van der Waals surface area contributed by atoms with Gasteiger partial charge in [0.1, 0.15) is 5.82 Å². The number of anilines is 1. The van der Waals surface area contributed by atoms with Crippen molar-refractivity contribution in [3.05, 3.63) is 34.6 Å². The molecule has 1 aromatic heterocycles. The third-order valence-corrected chi connectivity index (χ3v) is 5.66. The molecule has 2 aromatic rings. The molecule has 1 heterocycles. The van der Waals surface area contributed by atoms with Crippen LogP contribution in [0.5, 0.6) is 0 Å². The number of benzene rings is 1. The molecule has 134 valence electrons. The molecule has 0 bridgehead atoms.